The van der Waals surface area contributed by atoms with Crippen molar-refractivity contribution in [3.63, 3.8) is 0 Å². The van der Waals surface area contributed by atoms with Gasteiger partial charge in [0.1, 0.15) is 11.9 Å². The van der Waals surface area contributed by atoms with E-state index in [9.17, 15) is 14.0 Å². The Kier molecular flexibility index (Phi) is 7.21. The van der Waals surface area contributed by atoms with Crippen LogP contribution in [-0.4, -0.2) is 24.5 Å². The fraction of sp³-hybridized carbons (Fsp3) is 0.467. The van der Waals surface area contributed by atoms with Gasteiger partial charge in [0.05, 0.1) is 0 Å². The van der Waals surface area contributed by atoms with E-state index < -0.39 is 18.0 Å². The molecule has 0 aromatic heterocycles. The lowest BCUT2D eigenvalue weighted by Gasteiger charge is -2.15. The van der Waals surface area contributed by atoms with Gasteiger partial charge >= 0.3 is 6.03 Å². The van der Waals surface area contributed by atoms with Crippen LogP contribution >= 0.6 is 0 Å². The third-order valence-electron chi connectivity index (χ3n) is 3.08. The van der Waals surface area contributed by atoms with Gasteiger partial charge in [-0.05, 0) is 30.5 Å². The normalized spacial score (nSPS) is 11.7. The van der Waals surface area contributed by atoms with Crippen LogP contribution in [0.25, 0.3) is 0 Å². The van der Waals surface area contributed by atoms with E-state index in [4.69, 9.17) is 5.73 Å². The van der Waals surface area contributed by atoms with Crippen LogP contribution in [0, 0.1) is 5.82 Å². The number of urea groups is 1. The maximum absolute atomic E-state index is 13.0. The monoisotopic (exact) mass is 295 g/mol. The molecule has 1 rings (SSSR count). The van der Waals surface area contributed by atoms with Crippen LogP contribution in [0.2, 0.25) is 0 Å². The highest BCUT2D eigenvalue weighted by Crippen LogP contribution is 2.03. The molecular formula is C15H22FN3O2. The van der Waals surface area contributed by atoms with E-state index in [-0.39, 0.29) is 5.82 Å². The number of halogens is 1. The van der Waals surface area contributed by atoms with Gasteiger partial charge in [0.2, 0.25) is 5.91 Å². The largest absolute Gasteiger partial charge is 0.368 e. The molecule has 0 bridgehead atoms. The van der Waals surface area contributed by atoms with Crippen LogP contribution in [0.4, 0.5) is 9.18 Å². The van der Waals surface area contributed by atoms with Gasteiger partial charge in [0, 0.05) is 6.54 Å². The van der Waals surface area contributed by atoms with Crippen molar-refractivity contribution in [1.82, 2.24) is 10.6 Å². The summed E-state index contributed by atoms with van der Waals surface area (Å²) in [6.07, 6.45) is 2.79. The lowest BCUT2D eigenvalue weighted by atomic mass is 10.1. The quantitative estimate of drug-likeness (QED) is 0.682. The number of carbonyl (C=O) groups excluding carboxylic acids is 2. The van der Waals surface area contributed by atoms with Crippen LogP contribution in [0.3, 0.4) is 0 Å². The van der Waals surface area contributed by atoms with Gasteiger partial charge in [-0.2, -0.15) is 0 Å². The van der Waals surface area contributed by atoms with Crippen LogP contribution in [0.15, 0.2) is 24.3 Å². The van der Waals surface area contributed by atoms with Gasteiger partial charge in [0.25, 0.3) is 0 Å². The van der Waals surface area contributed by atoms with Crippen molar-refractivity contribution >= 4 is 11.9 Å². The lowest BCUT2D eigenvalue weighted by Crippen LogP contribution is -2.48. The van der Waals surface area contributed by atoms with Crippen molar-refractivity contribution in [2.24, 2.45) is 5.73 Å². The molecule has 0 saturated heterocycles. The number of nitrogens with two attached hydrogens (primary N) is 1. The minimum Gasteiger partial charge on any atom is -0.368 e. The van der Waals surface area contributed by atoms with E-state index in [2.05, 4.69) is 10.6 Å². The first-order valence-electron chi connectivity index (χ1n) is 7.11. The van der Waals surface area contributed by atoms with Crippen molar-refractivity contribution < 1.29 is 14.0 Å². The van der Waals surface area contributed by atoms with Crippen molar-refractivity contribution in [3.8, 4) is 0 Å². The zero-order valence-electron chi connectivity index (χ0n) is 12.2. The zero-order valence-corrected chi connectivity index (χ0v) is 12.2. The van der Waals surface area contributed by atoms with E-state index in [1.54, 1.807) is 12.1 Å². The molecule has 0 heterocycles. The molecule has 6 heteroatoms. The van der Waals surface area contributed by atoms with E-state index >= 15 is 0 Å². The van der Waals surface area contributed by atoms with Crippen molar-refractivity contribution in [1.29, 1.82) is 0 Å². The van der Waals surface area contributed by atoms with Gasteiger partial charge < -0.3 is 16.4 Å². The first-order chi connectivity index (χ1) is 10.0. The molecule has 4 N–H and O–H groups in total. The SMILES string of the molecule is CCCC[C@@H](NC(=O)NCCc1cccc(F)c1)C(N)=O. The summed E-state index contributed by atoms with van der Waals surface area (Å²) in [6.45, 7) is 2.35. The molecule has 0 radical (unpaired) electrons. The summed E-state index contributed by atoms with van der Waals surface area (Å²) < 4.78 is 13.0. The fourth-order valence-electron chi connectivity index (χ4n) is 1.92. The summed E-state index contributed by atoms with van der Waals surface area (Å²) in [6, 6.07) is 5.11. The number of hydrogen-bond acceptors (Lipinski definition) is 2. The van der Waals surface area contributed by atoms with Gasteiger partial charge in [-0.25, -0.2) is 9.18 Å². The van der Waals surface area contributed by atoms with E-state index in [0.717, 1.165) is 18.4 Å². The van der Waals surface area contributed by atoms with Gasteiger partial charge in [-0.3, -0.25) is 4.79 Å². The number of benzene rings is 1. The molecule has 0 unspecified atom stereocenters. The molecule has 0 spiro atoms. The predicted octanol–water partition coefficient (Wildman–Crippen LogP) is 1.71. The van der Waals surface area contributed by atoms with Crippen LogP contribution in [-0.2, 0) is 11.2 Å². The molecule has 1 aromatic rings. The Morgan fingerprint density at radius 3 is 2.76 bits per heavy atom. The number of unbranched alkanes of at least 4 members (excludes halogenated alkanes) is 1. The minimum absolute atomic E-state index is 0.301. The highest BCUT2D eigenvalue weighted by atomic mass is 19.1. The van der Waals surface area contributed by atoms with Gasteiger partial charge in [-0.1, -0.05) is 31.9 Å². The standard InChI is InChI=1S/C15H22FN3O2/c1-2-3-7-13(14(17)20)19-15(21)18-9-8-11-5-4-6-12(16)10-11/h4-6,10,13H,2-3,7-9H2,1H3,(H2,17,20)(H2,18,19,21)/t13-/m1/s1. The highest BCUT2D eigenvalue weighted by Gasteiger charge is 2.16. The van der Waals surface area contributed by atoms with Crippen LogP contribution < -0.4 is 16.4 Å². The summed E-state index contributed by atoms with van der Waals surface area (Å²) in [4.78, 5) is 22.9. The number of carbonyl (C=O) groups is 2. The Bertz CT molecular complexity index is 480. The number of amides is 3. The number of rotatable bonds is 8. The second-order valence-electron chi connectivity index (χ2n) is 4.88. The first kappa shape index (κ1) is 16.9. The van der Waals surface area contributed by atoms with E-state index in [1.807, 2.05) is 6.92 Å². The summed E-state index contributed by atoms with van der Waals surface area (Å²) in [5.41, 5.74) is 6.04. The molecular weight excluding hydrogens is 273 g/mol. The molecule has 1 aromatic carbocycles. The Balaban J connectivity index is 2.34. The second kappa shape index (κ2) is 8.94. The molecule has 3 amide bonds. The molecule has 1 atom stereocenters. The first-order valence-corrected chi connectivity index (χ1v) is 7.11. The van der Waals surface area contributed by atoms with E-state index in [1.165, 1.54) is 12.1 Å². The third-order valence-corrected chi connectivity index (χ3v) is 3.08. The molecule has 21 heavy (non-hydrogen) atoms. The topological polar surface area (TPSA) is 84.2 Å². The number of primary amides is 1. The summed E-state index contributed by atoms with van der Waals surface area (Å²) in [5.74, 6) is -0.839. The van der Waals surface area contributed by atoms with Gasteiger partial charge in [-0.15, -0.1) is 0 Å². The average Bonchev–Trinajstić information content (AvgIpc) is 2.43. The molecule has 116 valence electrons. The lowest BCUT2D eigenvalue weighted by molar-refractivity contribution is -0.119. The summed E-state index contributed by atoms with van der Waals surface area (Å²) in [5, 5.41) is 5.18. The van der Waals surface area contributed by atoms with Gasteiger partial charge in [0.15, 0.2) is 0 Å². The molecule has 5 nitrogen and oxygen atoms in total. The van der Waals surface area contributed by atoms with Crippen molar-refractivity contribution in [2.75, 3.05) is 6.54 Å². The maximum atomic E-state index is 13.0. The van der Waals surface area contributed by atoms with Crippen LogP contribution in [0.1, 0.15) is 31.7 Å². The molecule has 0 saturated carbocycles. The average molecular weight is 295 g/mol. The third kappa shape index (κ3) is 6.74. The number of hydrogen-bond donors (Lipinski definition) is 3. The Morgan fingerprint density at radius 1 is 1.38 bits per heavy atom. The highest BCUT2D eigenvalue weighted by molar-refractivity contribution is 5.85. The summed E-state index contributed by atoms with van der Waals surface area (Å²) >= 11 is 0. The fourth-order valence-corrected chi connectivity index (χ4v) is 1.92. The Morgan fingerprint density at radius 2 is 2.14 bits per heavy atom. The van der Waals surface area contributed by atoms with E-state index in [0.29, 0.717) is 19.4 Å². The molecule has 0 fully saturated rings. The molecule has 0 aliphatic heterocycles. The van der Waals surface area contributed by atoms with Crippen molar-refractivity contribution in [2.45, 2.75) is 38.6 Å². The molecule has 0 aliphatic rings. The predicted molar refractivity (Wildman–Crippen MR) is 79.1 cm³/mol. The van der Waals surface area contributed by atoms with Crippen molar-refractivity contribution in [3.05, 3.63) is 35.6 Å². The number of nitrogens with one attached hydrogen (secondary N) is 2. The Labute approximate surface area is 124 Å². The second-order valence-corrected chi connectivity index (χ2v) is 4.88. The minimum atomic E-state index is -0.654. The molecule has 0 aliphatic carbocycles. The maximum Gasteiger partial charge on any atom is 0.315 e. The Hall–Kier alpha value is -2.11. The smallest absolute Gasteiger partial charge is 0.315 e. The van der Waals surface area contributed by atoms with Crippen LogP contribution in [0.5, 0.6) is 0 Å². The zero-order chi connectivity index (χ0) is 15.7. The summed E-state index contributed by atoms with van der Waals surface area (Å²) in [7, 11) is 0.